The Balaban J connectivity index is 2.17. The smallest absolute Gasteiger partial charge is 0.404 e. The molecule has 1 aliphatic rings. The van der Waals surface area contributed by atoms with Gasteiger partial charge in [0, 0.05) is 0 Å². The molecule has 1 aromatic rings. The van der Waals surface area contributed by atoms with Gasteiger partial charge in [-0.15, -0.1) is 36.4 Å². The molecule has 1 atom stereocenters. The van der Waals surface area contributed by atoms with Crippen LogP contribution in [0.3, 0.4) is 0 Å². The van der Waals surface area contributed by atoms with E-state index >= 15 is 0 Å². The van der Waals surface area contributed by atoms with Crippen molar-refractivity contribution in [1.82, 2.24) is 0 Å². The molecule has 0 heterocycles. The molecular weight excluding hydrogens is 318 g/mol. The number of para-hydroxylation sites is 2. The number of ether oxygens (including phenoxy) is 1. The first-order chi connectivity index (χ1) is 9.05. The van der Waals surface area contributed by atoms with Crippen LogP contribution in [0.5, 0.6) is 5.75 Å². The summed E-state index contributed by atoms with van der Waals surface area (Å²) in [7, 11) is 0. The molecule has 1 aliphatic carbocycles. The van der Waals surface area contributed by atoms with Crippen molar-refractivity contribution >= 4 is 34.8 Å². The summed E-state index contributed by atoms with van der Waals surface area (Å²) in [5.74, 6) is -1.05. The van der Waals surface area contributed by atoms with Crippen LogP contribution < -0.4 is 10.1 Å². The van der Waals surface area contributed by atoms with Gasteiger partial charge in [0.25, 0.3) is 0 Å². The molecule has 0 spiro atoms. The van der Waals surface area contributed by atoms with Gasteiger partial charge in [0.15, 0.2) is 5.75 Å². The first-order valence-electron chi connectivity index (χ1n) is 5.59. The van der Waals surface area contributed by atoms with Gasteiger partial charge in [-0.25, -0.2) is 0 Å². The van der Waals surface area contributed by atoms with Crippen LogP contribution in [0.15, 0.2) is 24.3 Å². The summed E-state index contributed by atoms with van der Waals surface area (Å²) in [6.45, 7) is 1.54. The third-order valence-corrected chi connectivity index (χ3v) is 4.22. The molecule has 1 fully saturated rings. The van der Waals surface area contributed by atoms with E-state index in [1.54, 1.807) is 0 Å². The molecule has 20 heavy (non-hydrogen) atoms. The number of carbonyl (C=O) groups is 1. The Bertz CT molecular complexity index is 548. The van der Waals surface area contributed by atoms with Gasteiger partial charge in [0.1, 0.15) is 4.33 Å². The van der Waals surface area contributed by atoms with E-state index in [9.17, 15) is 18.0 Å². The number of halogens is 5. The molecule has 1 aromatic carbocycles. The predicted molar refractivity (Wildman–Crippen MR) is 68.9 cm³/mol. The van der Waals surface area contributed by atoms with E-state index in [2.05, 4.69) is 10.1 Å². The fourth-order valence-corrected chi connectivity index (χ4v) is 2.40. The van der Waals surface area contributed by atoms with Crippen LogP contribution in [0.25, 0.3) is 0 Å². The van der Waals surface area contributed by atoms with E-state index in [0.29, 0.717) is 0 Å². The van der Waals surface area contributed by atoms with Crippen LogP contribution in [0.1, 0.15) is 13.3 Å². The SMILES string of the molecule is CC1(C(=O)Nc2ccccc2OC(F)(F)F)CC1(Cl)Cl. The lowest BCUT2D eigenvalue weighted by Gasteiger charge is -2.16. The number of nitrogens with one attached hydrogen (secondary N) is 1. The summed E-state index contributed by atoms with van der Waals surface area (Å²) in [4.78, 5) is 12.0. The van der Waals surface area contributed by atoms with Gasteiger partial charge in [0.05, 0.1) is 11.1 Å². The number of hydrogen-bond acceptors (Lipinski definition) is 2. The average Bonchev–Trinajstić information content (AvgIpc) is 2.80. The van der Waals surface area contributed by atoms with E-state index in [-0.39, 0.29) is 12.1 Å². The van der Waals surface area contributed by atoms with Gasteiger partial charge in [-0.3, -0.25) is 4.79 Å². The van der Waals surface area contributed by atoms with Crippen molar-refractivity contribution in [2.75, 3.05) is 5.32 Å². The van der Waals surface area contributed by atoms with E-state index < -0.39 is 27.8 Å². The van der Waals surface area contributed by atoms with Crippen molar-refractivity contribution in [3.8, 4) is 5.75 Å². The lowest BCUT2D eigenvalue weighted by molar-refractivity contribution is -0.274. The maximum absolute atomic E-state index is 12.3. The fourth-order valence-electron chi connectivity index (χ4n) is 1.69. The highest BCUT2D eigenvalue weighted by Gasteiger charge is 2.68. The zero-order valence-electron chi connectivity index (χ0n) is 10.2. The second-order valence-corrected chi connectivity index (χ2v) is 6.20. The minimum absolute atomic E-state index is 0.0907. The molecule has 0 bridgehead atoms. The Morgan fingerprint density at radius 2 is 1.90 bits per heavy atom. The molecule has 1 N–H and O–H groups in total. The van der Waals surface area contributed by atoms with Crippen molar-refractivity contribution in [3.63, 3.8) is 0 Å². The monoisotopic (exact) mass is 327 g/mol. The Morgan fingerprint density at radius 1 is 1.35 bits per heavy atom. The summed E-state index contributed by atoms with van der Waals surface area (Å²) >= 11 is 11.7. The topological polar surface area (TPSA) is 38.3 Å². The zero-order chi connectivity index (χ0) is 15.2. The highest BCUT2D eigenvalue weighted by Crippen LogP contribution is 2.64. The van der Waals surface area contributed by atoms with Gasteiger partial charge >= 0.3 is 6.36 Å². The van der Waals surface area contributed by atoms with E-state index in [1.807, 2.05) is 0 Å². The summed E-state index contributed by atoms with van der Waals surface area (Å²) in [6.07, 6.45) is -4.61. The summed E-state index contributed by atoms with van der Waals surface area (Å²) < 4.78 is 39.4. The maximum atomic E-state index is 12.3. The average molecular weight is 328 g/mol. The number of amides is 1. The third-order valence-electron chi connectivity index (χ3n) is 3.12. The molecule has 110 valence electrons. The summed E-state index contributed by atoms with van der Waals surface area (Å²) in [5, 5.41) is 2.36. The van der Waals surface area contributed by atoms with Crippen LogP contribution >= 0.6 is 23.2 Å². The highest BCUT2D eigenvalue weighted by atomic mass is 35.5. The predicted octanol–water partition coefficient (Wildman–Crippen LogP) is 4.11. The number of hydrogen-bond donors (Lipinski definition) is 1. The van der Waals surface area contributed by atoms with Gasteiger partial charge < -0.3 is 10.1 Å². The molecule has 1 saturated carbocycles. The molecule has 0 aliphatic heterocycles. The summed E-state index contributed by atoms with van der Waals surface area (Å²) in [5.41, 5.74) is -1.12. The van der Waals surface area contributed by atoms with E-state index in [0.717, 1.165) is 6.07 Å². The van der Waals surface area contributed by atoms with Gasteiger partial charge in [-0.2, -0.15) is 0 Å². The van der Waals surface area contributed by atoms with Gasteiger partial charge in [-0.05, 0) is 25.5 Å². The second-order valence-electron chi connectivity index (χ2n) is 4.71. The lowest BCUT2D eigenvalue weighted by atomic mass is 10.1. The molecule has 3 nitrogen and oxygen atoms in total. The van der Waals surface area contributed by atoms with Gasteiger partial charge in [0.2, 0.25) is 5.91 Å². The molecule has 1 amide bonds. The quantitative estimate of drug-likeness (QED) is 0.848. The van der Waals surface area contributed by atoms with Crippen LogP contribution in [0, 0.1) is 5.41 Å². The Labute approximate surface area is 123 Å². The molecule has 0 aromatic heterocycles. The molecular formula is C12H10Cl2F3NO2. The molecule has 0 saturated heterocycles. The molecule has 8 heteroatoms. The number of carbonyl (C=O) groups excluding carboxylic acids is 1. The van der Waals surface area contributed by atoms with E-state index in [4.69, 9.17) is 23.2 Å². The van der Waals surface area contributed by atoms with Crippen molar-refractivity contribution < 1.29 is 22.7 Å². The molecule has 2 rings (SSSR count). The number of benzene rings is 1. The standard InChI is InChI=1S/C12H10Cl2F3NO2/c1-10(6-11(10,13)14)9(19)18-7-4-2-3-5-8(7)20-12(15,16)17/h2-5H,6H2,1H3,(H,18,19). The maximum Gasteiger partial charge on any atom is 0.573 e. The molecule has 0 radical (unpaired) electrons. The Morgan fingerprint density at radius 3 is 2.40 bits per heavy atom. The minimum Gasteiger partial charge on any atom is -0.404 e. The van der Waals surface area contributed by atoms with Crippen LogP contribution in [0.2, 0.25) is 0 Å². The lowest BCUT2D eigenvalue weighted by Crippen LogP contribution is -2.27. The number of anilines is 1. The zero-order valence-corrected chi connectivity index (χ0v) is 11.7. The van der Waals surface area contributed by atoms with Crippen molar-refractivity contribution in [2.24, 2.45) is 5.41 Å². The molecule has 1 unspecified atom stereocenters. The van der Waals surface area contributed by atoms with Gasteiger partial charge in [-0.1, -0.05) is 12.1 Å². The number of rotatable bonds is 3. The van der Waals surface area contributed by atoms with E-state index in [1.165, 1.54) is 25.1 Å². The van der Waals surface area contributed by atoms with Crippen LogP contribution in [-0.2, 0) is 4.79 Å². The Hall–Kier alpha value is -1.14. The van der Waals surface area contributed by atoms with Crippen molar-refractivity contribution in [2.45, 2.75) is 24.0 Å². The summed E-state index contributed by atoms with van der Waals surface area (Å²) in [6, 6.07) is 5.24. The minimum atomic E-state index is -4.84. The second kappa shape index (κ2) is 4.70. The fraction of sp³-hybridized carbons (Fsp3) is 0.417. The van der Waals surface area contributed by atoms with Crippen LogP contribution in [0.4, 0.5) is 18.9 Å². The normalized spacial score (nSPS) is 24.1. The third kappa shape index (κ3) is 2.96. The van der Waals surface area contributed by atoms with Crippen molar-refractivity contribution in [1.29, 1.82) is 0 Å². The number of alkyl halides is 5. The highest BCUT2D eigenvalue weighted by molar-refractivity contribution is 6.53. The Kier molecular flexibility index (Phi) is 3.59. The largest absolute Gasteiger partial charge is 0.573 e. The van der Waals surface area contributed by atoms with Crippen LogP contribution in [-0.4, -0.2) is 16.6 Å². The first-order valence-corrected chi connectivity index (χ1v) is 6.35. The van der Waals surface area contributed by atoms with Crippen molar-refractivity contribution in [3.05, 3.63) is 24.3 Å². The first kappa shape index (κ1) is 15.3.